The molecular formula is C27H27N5O5S. The lowest BCUT2D eigenvalue weighted by Gasteiger charge is -2.30. The van der Waals surface area contributed by atoms with Crippen LogP contribution in [-0.4, -0.2) is 64.2 Å². The first kappa shape index (κ1) is 25.6. The summed E-state index contributed by atoms with van der Waals surface area (Å²) in [5.74, 6) is -0.0201. The van der Waals surface area contributed by atoms with Crippen LogP contribution in [0.1, 0.15) is 26.6 Å². The number of fused-ring (bicyclic) bond motifs is 1. The van der Waals surface area contributed by atoms with Gasteiger partial charge in [-0.15, -0.1) is 0 Å². The Morgan fingerprint density at radius 1 is 1.16 bits per heavy atom. The minimum atomic E-state index is -0.862. The number of H-pyrrole nitrogens is 1. The maximum atomic E-state index is 13.2. The van der Waals surface area contributed by atoms with E-state index in [9.17, 15) is 14.4 Å². The number of carbonyl (C=O) groups is 2. The Labute approximate surface area is 222 Å². The van der Waals surface area contributed by atoms with Crippen molar-refractivity contribution in [1.82, 2.24) is 25.4 Å². The highest BCUT2D eigenvalue weighted by Crippen LogP contribution is 2.21. The van der Waals surface area contributed by atoms with Crippen molar-refractivity contribution < 1.29 is 19.1 Å². The normalized spacial score (nSPS) is 14.3. The summed E-state index contributed by atoms with van der Waals surface area (Å²) < 4.78 is 11.3. The predicted octanol–water partition coefficient (Wildman–Crippen LogP) is 2.47. The van der Waals surface area contributed by atoms with E-state index in [4.69, 9.17) is 9.47 Å². The van der Waals surface area contributed by atoms with Gasteiger partial charge in [0.25, 0.3) is 5.91 Å². The number of aryl methyl sites for hydroxylation is 1. The number of amides is 2. The number of carbonyl (C=O) groups excluding carboxylic acids is 2. The van der Waals surface area contributed by atoms with Gasteiger partial charge in [-0.05, 0) is 43.3 Å². The zero-order chi connectivity index (χ0) is 26.5. The van der Waals surface area contributed by atoms with E-state index in [0.29, 0.717) is 49.2 Å². The monoisotopic (exact) mass is 533 g/mol. The number of para-hydroxylation sites is 1. The van der Waals surface area contributed by atoms with E-state index >= 15 is 0 Å². The second-order valence-corrected chi connectivity index (χ2v) is 9.97. The molecule has 1 saturated heterocycles. The molecule has 1 unspecified atom stereocenters. The molecule has 196 valence electrons. The molecule has 2 aromatic carbocycles. The minimum absolute atomic E-state index is 0.117. The SMILES string of the molecule is Cc1cc(COc2ccc(C(=O)NC(Cc3n[nH]c(=O)s3)C(=O)N3CCOCC3)cc2)c2ccccc2n1. The lowest BCUT2D eigenvalue weighted by atomic mass is 10.1. The molecule has 38 heavy (non-hydrogen) atoms. The number of pyridine rings is 1. The van der Waals surface area contributed by atoms with Gasteiger partial charge >= 0.3 is 4.87 Å². The van der Waals surface area contributed by atoms with Crippen LogP contribution in [0.15, 0.2) is 59.4 Å². The fourth-order valence-corrected chi connectivity index (χ4v) is 4.99. The molecule has 2 N–H and O–H groups in total. The van der Waals surface area contributed by atoms with E-state index in [-0.39, 0.29) is 17.2 Å². The van der Waals surface area contributed by atoms with Crippen LogP contribution >= 0.6 is 11.3 Å². The van der Waals surface area contributed by atoms with Gasteiger partial charge in [-0.3, -0.25) is 19.4 Å². The Morgan fingerprint density at radius 2 is 1.92 bits per heavy atom. The molecule has 0 bridgehead atoms. The van der Waals surface area contributed by atoms with Crippen LogP contribution in [0.2, 0.25) is 0 Å². The molecule has 0 spiro atoms. The third-order valence-electron chi connectivity index (χ3n) is 6.23. The van der Waals surface area contributed by atoms with E-state index in [1.807, 2.05) is 37.3 Å². The fraction of sp³-hybridized carbons (Fsp3) is 0.296. The summed E-state index contributed by atoms with van der Waals surface area (Å²) in [6.07, 6.45) is 0.117. The smallest absolute Gasteiger partial charge is 0.322 e. The molecule has 1 aliphatic heterocycles. The van der Waals surface area contributed by atoms with Crippen molar-refractivity contribution in [2.45, 2.75) is 26.0 Å². The first-order valence-electron chi connectivity index (χ1n) is 12.3. The predicted molar refractivity (Wildman–Crippen MR) is 142 cm³/mol. The summed E-state index contributed by atoms with van der Waals surface area (Å²) in [6.45, 7) is 4.09. The van der Waals surface area contributed by atoms with Crippen LogP contribution < -0.4 is 14.9 Å². The van der Waals surface area contributed by atoms with E-state index < -0.39 is 11.9 Å². The van der Waals surface area contributed by atoms with Crippen LogP contribution in [0.4, 0.5) is 0 Å². The lowest BCUT2D eigenvalue weighted by Crippen LogP contribution is -2.52. The molecule has 1 atom stereocenters. The van der Waals surface area contributed by atoms with Gasteiger partial charge in [0.05, 0.1) is 18.7 Å². The Balaban J connectivity index is 1.26. The molecular weight excluding hydrogens is 506 g/mol. The number of morpholine rings is 1. The molecule has 2 amide bonds. The van der Waals surface area contributed by atoms with Gasteiger partial charge in [-0.2, -0.15) is 5.10 Å². The van der Waals surface area contributed by atoms with Crippen LogP contribution in [0.5, 0.6) is 5.75 Å². The van der Waals surface area contributed by atoms with Gasteiger partial charge in [0.1, 0.15) is 23.4 Å². The van der Waals surface area contributed by atoms with Gasteiger partial charge < -0.3 is 19.7 Å². The molecule has 3 heterocycles. The molecule has 4 aromatic rings. The molecule has 1 aliphatic rings. The number of hydrogen-bond acceptors (Lipinski definition) is 8. The average Bonchev–Trinajstić information content (AvgIpc) is 3.35. The Bertz CT molecular complexity index is 1490. The number of benzene rings is 2. The molecule has 0 saturated carbocycles. The van der Waals surface area contributed by atoms with E-state index in [0.717, 1.165) is 33.5 Å². The van der Waals surface area contributed by atoms with Crippen LogP contribution in [0.3, 0.4) is 0 Å². The van der Waals surface area contributed by atoms with Crippen LogP contribution in [0.25, 0.3) is 10.9 Å². The second-order valence-electron chi connectivity index (χ2n) is 8.93. The maximum Gasteiger partial charge on any atom is 0.322 e. The first-order valence-corrected chi connectivity index (χ1v) is 13.1. The van der Waals surface area contributed by atoms with Crippen molar-refractivity contribution >= 4 is 34.1 Å². The zero-order valence-corrected chi connectivity index (χ0v) is 21.6. The third-order valence-corrected chi connectivity index (χ3v) is 7.00. The fourth-order valence-electron chi connectivity index (χ4n) is 4.35. The van der Waals surface area contributed by atoms with E-state index in [1.165, 1.54) is 0 Å². The average molecular weight is 534 g/mol. The molecule has 1 fully saturated rings. The Hall–Kier alpha value is -4.09. The number of ether oxygens (including phenoxy) is 2. The number of nitrogens with zero attached hydrogens (tertiary/aromatic N) is 3. The first-order chi connectivity index (χ1) is 18.5. The topological polar surface area (TPSA) is 127 Å². The quantitative estimate of drug-likeness (QED) is 0.356. The number of hydrogen-bond donors (Lipinski definition) is 2. The second kappa shape index (κ2) is 11.5. The van der Waals surface area contributed by atoms with E-state index in [2.05, 4.69) is 20.5 Å². The highest BCUT2D eigenvalue weighted by Gasteiger charge is 2.29. The zero-order valence-electron chi connectivity index (χ0n) is 20.8. The highest BCUT2D eigenvalue weighted by molar-refractivity contribution is 7.08. The minimum Gasteiger partial charge on any atom is -0.489 e. The number of aromatic amines is 1. The summed E-state index contributed by atoms with van der Waals surface area (Å²) in [7, 11) is 0. The molecule has 11 heteroatoms. The highest BCUT2D eigenvalue weighted by atomic mass is 32.1. The molecule has 5 rings (SSSR count). The number of nitrogens with one attached hydrogen (secondary N) is 2. The van der Waals surface area contributed by atoms with Gasteiger partial charge in [0.2, 0.25) is 5.91 Å². The standard InChI is InChI=1S/C27H27N5O5S/c1-17-14-19(21-4-2-3-5-22(21)28-17)16-37-20-8-6-18(7-9-20)25(33)29-23(15-24-30-31-27(35)38-24)26(34)32-10-12-36-13-11-32/h2-9,14,23H,10-13,15-16H2,1H3,(H,29,33)(H,31,35). The molecule has 0 aliphatic carbocycles. The van der Waals surface area contributed by atoms with Crippen molar-refractivity contribution in [3.05, 3.63) is 86.1 Å². The third kappa shape index (κ3) is 6.06. The van der Waals surface area contributed by atoms with E-state index in [1.54, 1.807) is 29.2 Å². The van der Waals surface area contributed by atoms with Gasteiger partial charge in [-0.25, -0.2) is 5.10 Å². The van der Waals surface area contributed by atoms with Crippen molar-refractivity contribution in [1.29, 1.82) is 0 Å². The summed E-state index contributed by atoms with van der Waals surface area (Å²) in [5, 5.41) is 10.6. The lowest BCUT2D eigenvalue weighted by molar-refractivity contribution is -0.137. The largest absolute Gasteiger partial charge is 0.489 e. The van der Waals surface area contributed by atoms with Crippen molar-refractivity contribution in [2.75, 3.05) is 26.3 Å². The number of aromatic nitrogens is 3. The molecule has 0 radical (unpaired) electrons. The Kier molecular flexibility index (Phi) is 7.75. The van der Waals surface area contributed by atoms with Crippen LogP contribution in [0, 0.1) is 6.92 Å². The number of rotatable bonds is 8. The maximum absolute atomic E-state index is 13.2. The van der Waals surface area contributed by atoms with Crippen molar-refractivity contribution in [3.8, 4) is 5.75 Å². The summed E-state index contributed by atoms with van der Waals surface area (Å²) >= 11 is 0.921. The van der Waals surface area contributed by atoms with Gasteiger partial charge in [-0.1, -0.05) is 29.5 Å². The molecule has 2 aromatic heterocycles. The van der Waals surface area contributed by atoms with Gasteiger partial charge in [0, 0.05) is 41.7 Å². The summed E-state index contributed by atoms with van der Waals surface area (Å²) in [4.78, 5) is 43.7. The molecule has 10 nitrogen and oxygen atoms in total. The Morgan fingerprint density at radius 3 is 2.66 bits per heavy atom. The summed E-state index contributed by atoms with van der Waals surface area (Å²) in [6, 6.07) is 15.8. The van der Waals surface area contributed by atoms with Crippen molar-refractivity contribution in [2.24, 2.45) is 0 Å². The van der Waals surface area contributed by atoms with Crippen molar-refractivity contribution in [3.63, 3.8) is 0 Å². The van der Waals surface area contributed by atoms with Gasteiger partial charge in [0.15, 0.2) is 0 Å². The van der Waals surface area contributed by atoms with Crippen LogP contribution in [-0.2, 0) is 22.6 Å². The summed E-state index contributed by atoms with van der Waals surface area (Å²) in [5.41, 5.74) is 3.25.